The lowest BCUT2D eigenvalue weighted by Crippen LogP contribution is -2.35. The Kier molecular flexibility index (Phi) is 9.91. The number of rotatable bonds is 9. The second-order valence-electron chi connectivity index (χ2n) is 10.9. The predicted octanol–water partition coefficient (Wildman–Crippen LogP) is 3.58. The van der Waals surface area contributed by atoms with Crippen molar-refractivity contribution >= 4 is 29.2 Å². The summed E-state index contributed by atoms with van der Waals surface area (Å²) in [6, 6.07) is 13.2. The Morgan fingerprint density at radius 2 is 1.85 bits per heavy atom. The van der Waals surface area contributed by atoms with Gasteiger partial charge in [0, 0.05) is 35.3 Å². The highest BCUT2D eigenvalue weighted by Crippen LogP contribution is 2.35. The van der Waals surface area contributed by atoms with Gasteiger partial charge in [-0.15, -0.1) is 26.6 Å². The number of carboxylic acids is 2. The van der Waals surface area contributed by atoms with Crippen molar-refractivity contribution in [3.8, 4) is 17.4 Å². The van der Waals surface area contributed by atoms with Crippen molar-refractivity contribution in [2.24, 2.45) is 5.73 Å². The Morgan fingerprint density at radius 1 is 1.11 bits per heavy atom. The first kappa shape index (κ1) is 32.8. The largest absolute Gasteiger partial charge is 0.478 e. The minimum atomic E-state index is -1.26. The number of hydrogen-bond donors (Lipinski definition) is 3. The Balaban J connectivity index is 0.000000483. The molecule has 2 atom stereocenters. The summed E-state index contributed by atoms with van der Waals surface area (Å²) in [7, 11) is 0. The highest BCUT2D eigenvalue weighted by molar-refractivity contribution is 7.09. The van der Waals surface area contributed by atoms with Crippen LogP contribution in [0.15, 0.2) is 76.8 Å². The summed E-state index contributed by atoms with van der Waals surface area (Å²) in [6.45, 7) is 4.46. The van der Waals surface area contributed by atoms with Crippen LogP contribution in [0, 0.1) is 6.92 Å². The quantitative estimate of drug-likeness (QED) is 0.193. The van der Waals surface area contributed by atoms with Crippen LogP contribution in [-0.4, -0.2) is 74.7 Å². The molecule has 0 unspecified atom stereocenters. The summed E-state index contributed by atoms with van der Waals surface area (Å²) in [6.07, 6.45) is 6.62. The van der Waals surface area contributed by atoms with E-state index in [1.54, 1.807) is 35.9 Å². The molecule has 6 rings (SSSR count). The molecule has 47 heavy (non-hydrogen) atoms. The highest BCUT2D eigenvalue weighted by Gasteiger charge is 2.34. The summed E-state index contributed by atoms with van der Waals surface area (Å²) in [5, 5.41) is 35.0. The second-order valence-corrected chi connectivity index (χ2v) is 11.8. The molecule has 0 saturated carbocycles. The van der Waals surface area contributed by atoms with Gasteiger partial charge in [-0.1, -0.05) is 35.5 Å². The lowest BCUT2D eigenvalue weighted by Gasteiger charge is -2.23. The molecule has 1 aliphatic rings. The van der Waals surface area contributed by atoms with Gasteiger partial charge in [-0.3, -0.25) is 4.79 Å². The fraction of sp³-hybridized carbons (Fsp3) is 0.258. The third kappa shape index (κ3) is 8.16. The number of aliphatic carboxylic acids is 2. The van der Waals surface area contributed by atoms with E-state index in [4.69, 9.17) is 20.4 Å². The summed E-state index contributed by atoms with van der Waals surface area (Å²) in [4.78, 5) is 44.1. The zero-order chi connectivity index (χ0) is 33.6. The van der Waals surface area contributed by atoms with E-state index in [-0.39, 0.29) is 23.7 Å². The molecule has 1 amide bonds. The van der Waals surface area contributed by atoms with E-state index in [1.807, 2.05) is 54.5 Å². The molecule has 5 aromatic rings. The van der Waals surface area contributed by atoms with E-state index < -0.39 is 17.5 Å². The molecule has 4 N–H and O–H groups in total. The summed E-state index contributed by atoms with van der Waals surface area (Å²) in [5.74, 6) is -1.78. The maximum absolute atomic E-state index is 13.9. The Labute approximate surface area is 272 Å². The van der Waals surface area contributed by atoms with Gasteiger partial charge in [-0.2, -0.15) is 0 Å². The van der Waals surface area contributed by atoms with Crippen molar-refractivity contribution in [1.29, 1.82) is 0 Å². The van der Waals surface area contributed by atoms with Crippen LogP contribution >= 0.6 is 11.3 Å². The highest BCUT2D eigenvalue weighted by atomic mass is 32.1. The molecule has 1 saturated heterocycles. The summed E-state index contributed by atoms with van der Waals surface area (Å²) in [5.41, 5.74) is 8.49. The van der Waals surface area contributed by atoms with Crippen molar-refractivity contribution in [2.45, 2.75) is 44.7 Å². The molecule has 15 nitrogen and oxygen atoms in total. The first-order chi connectivity index (χ1) is 22.5. The third-order valence-electron chi connectivity index (χ3n) is 7.07. The van der Waals surface area contributed by atoms with Gasteiger partial charge in [0.2, 0.25) is 5.89 Å². The van der Waals surface area contributed by atoms with Crippen molar-refractivity contribution in [3.05, 3.63) is 100 Å². The average molecular weight is 658 g/mol. The number of carboxylic acid groups (broad SMARTS) is 2. The molecule has 242 valence electrons. The third-order valence-corrected chi connectivity index (χ3v) is 8.13. The van der Waals surface area contributed by atoms with Crippen LogP contribution in [0.3, 0.4) is 0 Å². The number of nitrogens with two attached hydrogens (primary N) is 1. The zero-order valence-corrected chi connectivity index (χ0v) is 26.2. The van der Waals surface area contributed by atoms with Crippen LogP contribution in [0.4, 0.5) is 0 Å². The second kappa shape index (κ2) is 14.2. The van der Waals surface area contributed by atoms with Crippen molar-refractivity contribution < 1.29 is 29.0 Å². The molecular weight excluding hydrogens is 626 g/mol. The smallest absolute Gasteiger partial charge is 0.328 e. The van der Waals surface area contributed by atoms with Crippen molar-refractivity contribution in [3.63, 3.8) is 0 Å². The normalized spacial score (nSPS) is 15.6. The molecule has 5 heterocycles. The van der Waals surface area contributed by atoms with Crippen LogP contribution in [0.5, 0.6) is 0 Å². The van der Waals surface area contributed by atoms with E-state index in [1.165, 1.54) is 4.68 Å². The van der Waals surface area contributed by atoms with Gasteiger partial charge in [0.05, 0.1) is 24.0 Å². The molecule has 1 aromatic carbocycles. The number of pyridine rings is 1. The minimum absolute atomic E-state index is 0.0615. The molecule has 1 aliphatic heterocycles. The summed E-state index contributed by atoms with van der Waals surface area (Å²) < 4.78 is 7.54. The minimum Gasteiger partial charge on any atom is -0.478 e. The molecule has 0 aliphatic carbocycles. The maximum Gasteiger partial charge on any atom is 0.328 e. The standard InChI is InChI=1S/C27H27N9O2S.C4H4O4/c1-17-16-39-24(30-17)21-9-6-11-35(21)25(37)19-13-20(31-22(14-19)36-12-10-29-34-36)23-32-33-26(38-23)27(2,28)15-18-7-4-3-5-8-18;5-3(6)1-2-4(7)8/h3-5,7-8,10,12-14,16,21H,6,9,11,15,28H2,1-2H3;1-2H,(H,5,6)(H,7,8)/t21-,27-;/m1./s1. The molecular formula is C31H31N9O6S. The van der Waals surface area contributed by atoms with Crippen LogP contribution in [-0.2, 0) is 21.5 Å². The van der Waals surface area contributed by atoms with Crippen LogP contribution in [0.1, 0.15) is 58.3 Å². The van der Waals surface area contributed by atoms with Gasteiger partial charge in [0.25, 0.3) is 11.8 Å². The first-order valence-corrected chi connectivity index (χ1v) is 15.3. The van der Waals surface area contributed by atoms with E-state index in [0.29, 0.717) is 42.2 Å². The lowest BCUT2D eigenvalue weighted by molar-refractivity contribution is -0.134. The van der Waals surface area contributed by atoms with E-state index in [2.05, 4.69) is 30.5 Å². The van der Waals surface area contributed by atoms with Crippen molar-refractivity contribution in [1.82, 2.24) is 40.1 Å². The first-order valence-electron chi connectivity index (χ1n) is 14.4. The maximum atomic E-state index is 13.9. The zero-order valence-electron chi connectivity index (χ0n) is 25.4. The van der Waals surface area contributed by atoms with Crippen LogP contribution in [0.25, 0.3) is 17.4 Å². The number of thiazole rings is 1. The Morgan fingerprint density at radius 3 is 2.49 bits per heavy atom. The lowest BCUT2D eigenvalue weighted by atomic mass is 9.94. The predicted molar refractivity (Wildman–Crippen MR) is 168 cm³/mol. The number of benzene rings is 1. The number of aromatic nitrogens is 7. The molecule has 0 radical (unpaired) electrons. The van der Waals surface area contributed by atoms with Crippen LogP contribution < -0.4 is 5.73 Å². The molecule has 0 spiro atoms. The van der Waals surface area contributed by atoms with Gasteiger partial charge in [-0.05, 0) is 50.8 Å². The van der Waals surface area contributed by atoms with Gasteiger partial charge >= 0.3 is 11.9 Å². The SMILES string of the molecule is Cc1csc([C@H]2CCCN2C(=O)c2cc(-c3nnc([C@](C)(N)Cc4ccccc4)o3)nc(-n3ccnn3)c2)n1.O=C(O)C=CC(=O)O. The number of amides is 1. The number of carbonyl (C=O) groups is 3. The topological polar surface area (TPSA) is 216 Å². The molecule has 4 aromatic heterocycles. The van der Waals surface area contributed by atoms with E-state index in [9.17, 15) is 14.4 Å². The van der Waals surface area contributed by atoms with Gasteiger partial charge in [0.15, 0.2) is 5.82 Å². The Bertz CT molecular complexity index is 1870. The van der Waals surface area contributed by atoms with E-state index in [0.717, 1.165) is 29.1 Å². The number of nitrogens with zero attached hydrogens (tertiary/aromatic N) is 8. The molecule has 16 heteroatoms. The van der Waals surface area contributed by atoms with Gasteiger partial charge in [0.1, 0.15) is 10.7 Å². The fourth-order valence-corrected chi connectivity index (χ4v) is 5.89. The number of hydrogen-bond acceptors (Lipinski definition) is 12. The molecule has 1 fully saturated rings. The monoisotopic (exact) mass is 657 g/mol. The number of carbonyl (C=O) groups excluding carboxylic acids is 1. The number of likely N-dealkylation sites (tertiary alicyclic amines) is 1. The molecule has 0 bridgehead atoms. The van der Waals surface area contributed by atoms with E-state index >= 15 is 0 Å². The van der Waals surface area contributed by atoms with Crippen molar-refractivity contribution in [2.75, 3.05) is 6.54 Å². The van der Waals surface area contributed by atoms with Gasteiger partial charge < -0.3 is 25.3 Å². The summed E-state index contributed by atoms with van der Waals surface area (Å²) >= 11 is 1.58. The fourth-order valence-electron chi connectivity index (χ4n) is 4.95. The Hall–Kier alpha value is -5.61. The number of aryl methyl sites for hydroxylation is 1. The average Bonchev–Trinajstić information content (AvgIpc) is 3.87. The van der Waals surface area contributed by atoms with Gasteiger partial charge in [-0.25, -0.2) is 24.2 Å². The van der Waals surface area contributed by atoms with Crippen LogP contribution in [0.2, 0.25) is 0 Å².